The summed E-state index contributed by atoms with van der Waals surface area (Å²) in [7, 11) is -3.15. The topological polar surface area (TPSA) is 80.6 Å². The van der Waals surface area contributed by atoms with E-state index in [9.17, 15) is 13.2 Å². The summed E-state index contributed by atoms with van der Waals surface area (Å²) >= 11 is 0. The van der Waals surface area contributed by atoms with Crippen molar-refractivity contribution in [3.63, 3.8) is 0 Å². The lowest BCUT2D eigenvalue weighted by molar-refractivity contribution is -0.917. The fraction of sp³-hybridized carbons (Fsp3) is 0.650. The first-order valence-electron chi connectivity index (χ1n) is 10.4. The van der Waals surface area contributed by atoms with E-state index >= 15 is 0 Å². The molecule has 1 aromatic rings. The highest BCUT2D eigenvalue weighted by molar-refractivity contribution is 7.89. The number of sulfonamides is 1. The van der Waals surface area contributed by atoms with Crippen LogP contribution in [0.4, 0.5) is 0 Å². The zero-order chi connectivity index (χ0) is 20.4. The summed E-state index contributed by atoms with van der Waals surface area (Å²) in [6.07, 6.45) is 1.25. The summed E-state index contributed by atoms with van der Waals surface area (Å²) in [6.45, 7) is 7.13. The Bertz CT molecular complexity index is 844. The predicted molar refractivity (Wildman–Crippen MR) is 107 cm³/mol. The van der Waals surface area contributed by atoms with Crippen molar-refractivity contribution in [2.24, 2.45) is 5.92 Å². The molecule has 0 unspecified atom stereocenters. The molecule has 0 aromatic heterocycles. The van der Waals surface area contributed by atoms with Crippen LogP contribution in [0.1, 0.15) is 25.3 Å². The Morgan fingerprint density at radius 3 is 2.48 bits per heavy atom. The molecule has 1 amide bonds. The van der Waals surface area contributed by atoms with E-state index in [1.807, 2.05) is 17.0 Å². The molecule has 8 nitrogen and oxygen atoms in total. The maximum atomic E-state index is 12.9. The van der Waals surface area contributed by atoms with Gasteiger partial charge in [0, 0.05) is 24.6 Å². The Morgan fingerprint density at radius 1 is 1.10 bits per heavy atom. The Morgan fingerprint density at radius 2 is 1.79 bits per heavy atom. The lowest BCUT2D eigenvalue weighted by Crippen LogP contribution is -3.13. The van der Waals surface area contributed by atoms with Gasteiger partial charge in [0.2, 0.25) is 22.7 Å². The number of benzene rings is 1. The average Bonchev–Trinajstić information content (AvgIpc) is 3.22. The number of piperazine rings is 1. The second-order valence-electron chi connectivity index (χ2n) is 8.01. The molecule has 3 aliphatic heterocycles. The molecule has 3 heterocycles. The van der Waals surface area contributed by atoms with Crippen molar-refractivity contribution in [2.75, 3.05) is 51.8 Å². The van der Waals surface area contributed by atoms with Crippen LogP contribution in [-0.4, -0.2) is 75.3 Å². The van der Waals surface area contributed by atoms with Gasteiger partial charge in [0.1, 0.15) is 6.54 Å². The lowest BCUT2D eigenvalue weighted by atomic mass is 9.96. The second-order valence-corrected chi connectivity index (χ2v) is 10.3. The number of nitrogens with one attached hydrogen (secondary N) is 1. The average molecular weight is 425 g/mol. The lowest BCUT2D eigenvalue weighted by Gasteiger charge is -2.36. The van der Waals surface area contributed by atoms with E-state index in [0.29, 0.717) is 25.9 Å². The summed E-state index contributed by atoms with van der Waals surface area (Å²) in [5, 5.41) is 0. The molecule has 3 aliphatic rings. The summed E-state index contributed by atoms with van der Waals surface area (Å²) < 4.78 is 36.3. The predicted octanol–water partition coefficient (Wildman–Crippen LogP) is -0.296. The normalized spacial score (nSPS) is 21.5. The van der Waals surface area contributed by atoms with E-state index in [2.05, 4.69) is 6.07 Å². The van der Waals surface area contributed by atoms with Gasteiger partial charge in [0.25, 0.3) is 0 Å². The van der Waals surface area contributed by atoms with Crippen LogP contribution in [0.5, 0.6) is 11.5 Å². The third-order valence-corrected chi connectivity index (χ3v) is 8.12. The molecule has 29 heavy (non-hydrogen) atoms. The number of piperidine rings is 1. The van der Waals surface area contributed by atoms with Gasteiger partial charge in [-0.3, -0.25) is 4.79 Å². The number of nitrogens with zero attached hydrogens (tertiary/aromatic N) is 2. The van der Waals surface area contributed by atoms with Gasteiger partial charge in [-0.1, -0.05) is 0 Å². The Balaban J connectivity index is 1.25. The highest BCUT2D eigenvalue weighted by Gasteiger charge is 2.34. The molecule has 2 fully saturated rings. The third kappa shape index (κ3) is 4.51. The standard InChI is InChI=1S/C20H29N3O5S/c1-2-29(25,26)23-7-5-17(6-8-23)20(24)22-11-9-21(10-12-22)14-16-3-4-18-19(13-16)28-15-27-18/h3-4,13,17H,2,5-12,14-15H2,1H3/p+1. The maximum Gasteiger partial charge on any atom is 0.231 e. The molecule has 0 spiro atoms. The molecule has 4 rings (SSSR count). The van der Waals surface area contributed by atoms with Gasteiger partial charge >= 0.3 is 0 Å². The van der Waals surface area contributed by atoms with E-state index in [-0.39, 0.29) is 24.4 Å². The summed E-state index contributed by atoms with van der Waals surface area (Å²) in [5.74, 6) is 1.89. The van der Waals surface area contributed by atoms with Crippen molar-refractivity contribution in [2.45, 2.75) is 26.3 Å². The van der Waals surface area contributed by atoms with Crippen LogP contribution in [0.2, 0.25) is 0 Å². The van der Waals surface area contributed by atoms with Gasteiger partial charge in [-0.05, 0) is 38.0 Å². The van der Waals surface area contributed by atoms with Gasteiger partial charge in [0.05, 0.1) is 31.9 Å². The number of carbonyl (C=O) groups is 1. The first kappa shape index (κ1) is 20.4. The maximum absolute atomic E-state index is 12.9. The Kier molecular flexibility index (Phi) is 5.98. The molecular formula is C20H30N3O5S+. The second kappa shape index (κ2) is 8.49. The summed E-state index contributed by atoms with van der Waals surface area (Å²) in [5.41, 5.74) is 1.22. The molecule has 0 bridgehead atoms. The smallest absolute Gasteiger partial charge is 0.231 e. The van der Waals surface area contributed by atoms with Crippen LogP contribution in [0.15, 0.2) is 18.2 Å². The number of quaternary nitrogens is 1. The van der Waals surface area contributed by atoms with Crippen LogP contribution < -0.4 is 14.4 Å². The zero-order valence-electron chi connectivity index (χ0n) is 16.9. The van der Waals surface area contributed by atoms with Crippen molar-refractivity contribution in [1.29, 1.82) is 0 Å². The van der Waals surface area contributed by atoms with E-state index in [4.69, 9.17) is 9.47 Å². The summed E-state index contributed by atoms with van der Waals surface area (Å²) in [6, 6.07) is 6.09. The van der Waals surface area contributed by atoms with E-state index < -0.39 is 10.0 Å². The Labute approximate surface area is 172 Å². The van der Waals surface area contributed by atoms with Crippen LogP contribution in [0.25, 0.3) is 0 Å². The number of hydrogen-bond donors (Lipinski definition) is 1. The first-order valence-corrected chi connectivity index (χ1v) is 12.1. The quantitative estimate of drug-likeness (QED) is 0.702. The van der Waals surface area contributed by atoms with Crippen LogP contribution in [0.3, 0.4) is 0 Å². The molecule has 0 saturated carbocycles. The fourth-order valence-corrected chi connectivity index (χ4v) is 5.51. The largest absolute Gasteiger partial charge is 0.454 e. The summed E-state index contributed by atoms with van der Waals surface area (Å²) in [4.78, 5) is 16.3. The highest BCUT2D eigenvalue weighted by atomic mass is 32.2. The minimum Gasteiger partial charge on any atom is -0.454 e. The monoisotopic (exact) mass is 424 g/mol. The van der Waals surface area contributed by atoms with Gasteiger partial charge in [-0.15, -0.1) is 0 Å². The minimum atomic E-state index is -3.15. The molecule has 0 radical (unpaired) electrons. The van der Waals surface area contributed by atoms with Crippen molar-refractivity contribution < 1.29 is 27.6 Å². The van der Waals surface area contributed by atoms with Gasteiger partial charge in [-0.2, -0.15) is 0 Å². The number of rotatable bonds is 5. The van der Waals surface area contributed by atoms with Gasteiger partial charge < -0.3 is 19.3 Å². The van der Waals surface area contributed by atoms with Gasteiger partial charge in [-0.25, -0.2) is 12.7 Å². The molecule has 9 heteroatoms. The first-order chi connectivity index (χ1) is 14.0. The third-order valence-electron chi connectivity index (χ3n) is 6.23. The Hall–Kier alpha value is -1.84. The zero-order valence-corrected chi connectivity index (χ0v) is 17.7. The van der Waals surface area contributed by atoms with Crippen molar-refractivity contribution in [3.05, 3.63) is 23.8 Å². The number of hydrogen-bond acceptors (Lipinski definition) is 5. The van der Waals surface area contributed by atoms with Crippen LogP contribution >= 0.6 is 0 Å². The van der Waals surface area contributed by atoms with Crippen LogP contribution in [0, 0.1) is 5.92 Å². The highest BCUT2D eigenvalue weighted by Crippen LogP contribution is 2.32. The molecular weight excluding hydrogens is 394 g/mol. The number of amides is 1. The van der Waals surface area contributed by atoms with E-state index in [1.54, 1.807) is 6.92 Å². The molecule has 1 aromatic carbocycles. The number of ether oxygens (including phenoxy) is 2. The van der Waals surface area contributed by atoms with Crippen LogP contribution in [-0.2, 0) is 21.4 Å². The van der Waals surface area contributed by atoms with Crippen molar-refractivity contribution in [1.82, 2.24) is 9.21 Å². The SMILES string of the molecule is CCS(=O)(=O)N1CCC(C(=O)N2CC[NH+](Cc3ccc4c(c3)OCO4)CC2)CC1. The van der Waals surface area contributed by atoms with E-state index in [1.165, 1.54) is 14.8 Å². The number of carbonyl (C=O) groups excluding carboxylic acids is 1. The van der Waals surface area contributed by atoms with Crippen molar-refractivity contribution in [3.8, 4) is 11.5 Å². The molecule has 0 aliphatic carbocycles. The van der Waals surface area contributed by atoms with Gasteiger partial charge in [0.15, 0.2) is 11.5 Å². The van der Waals surface area contributed by atoms with Crippen molar-refractivity contribution >= 4 is 15.9 Å². The molecule has 160 valence electrons. The molecule has 2 saturated heterocycles. The molecule has 0 atom stereocenters. The molecule has 1 N–H and O–H groups in total. The fourth-order valence-electron chi connectivity index (χ4n) is 4.38. The number of fused-ring (bicyclic) bond motifs is 1. The van der Waals surface area contributed by atoms with E-state index in [0.717, 1.165) is 44.2 Å². The minimum absolute atomic E-state index is 0.0475.